The Hall–Kier alpha value is -2.50. The lowest BCUT2D eigenvalue weighted by atomic mass is 10.2. The number of primary amides is 1. The van der Waals surface area contributed by atoms with Crippen LogP contribution in [0.25, 0.3) is 20.8 Å². The SMILES string of the molecule is Cc1[nH]nc(N)c1-c1nc2ccc(S(=O)(=O)OCC(N)=O)cc2s1. The molecule has 1 amide bonds. The van der Waals surface area contributed by atoms with Gasteiger partial charge >= 0.3 is 0 Å². The van der Waals surface area contributed by atoms with Crippen molar-refractivity contribution < 1.29 is 17.4 Å². The number of aryl methyl sites for hydroxylation is 1. The molecular formula is C13H13N5O4S2. The van der Waals surface area contributed by atoms with Gasteiger partial charge in [0, 0.05) is 5.69 Å². The Bertz CT molecular complexity index is 1020. The predicted molar refractivity (Wildman–Crippen MR) is 88.7 cm³/mol. The number of nitrogens with zero attached hydrogens (tertiary/aromatic N) is 2. The highest BCUT2D eigenvalue weighted by Gasteiger charge is 2.19. The van der Waals surface area contributed by atoms with Crippen molar-refractivity contribution in [3.8, 4) is 10.6 Å². The van der Waals surface area contributed by atoms with E-state index in [2.05, 4.69) is 19.4 Å². The maximum atomic E-state index is 12.0. The number of nitrogen functional groups attached to an aromatic ring is 1. The average Bonchev–Trinajstić information content (AvgIpc) is 3.07. The number of nitrogens with one attached hydrogen (secondary N) is 1. The second kappa shape index (κ2) is 5.85. The monoisotopic (exact) mass is 367 g/mol. The number of hydrogen-bond acceptors (Lipinski definition) is 8. The van der Waals surface area contributed by atoms with Gasteiger partial charge in [0.2, 0.25) is 5.91 Å². The number of fused-ring (bicyclic) bond motifs is 1. The smallest absolute Gasteiger partial charge is 0.297 e. The molecule has 2 aromatic heterocycles. The number of aromatic nitrogens is 3. The minimum absolute atomic E-state index is 0.0802. The number of benzene rings is 1. The lowest BCUT2D eigenvalue weighted by molar-refractivity contribution is -0.119. The van der Waals surface area contributed by atoms with Gasteiger partial charge in [-0.1, -0.05) is 0 Å². The van der Waals surface area contributed by atoms with E-state index in [1.165, 1.54) is 23.5 Å². The van der Waals surface area contributed by atoms with Crippen molar-refractivity contribution in [2.45, 2.75) is 11.8 Å². The Morgan fingerprint density at radius 3 is 2.79 bits per heavy atom. The Morgan fingerprint density at radius 1 is 1.42 bits per heavy atom. The van der Waals surface area contributed by atoms with Crippen LogP contribution in [0.1, 0.15) is 5.69 Å². The number of rotatable bonds is 5. The van der Waals surface area contributed by atoms with E-state index < -0.39 is 22.6 Å². The van der Waals surface area contributed by atoms with Crippen LogP contribution < -0.4 is 11.5 Å². The summed E-state index contributed by atoms with van der Waals surface area (Å²) in [5.41, 5.74) is 12.8. The molecule has 0 atom stereocenters. The van der Waals surface area contributed by atoms with E-state index >= 15 is 0 Å². The summed E-state index contributed by atoms with van der Waals surface area (Å²) < 4.78 is 29.3. The number of aromatic amines is 1. The van der Waals surface area contributed by atoms with Crippen LogP contribution in [0.4, 0.5) is 5.82 Å². The minimum Gasteiger partial charge on any atom is -0.382 e. The van der Waals surface area contributed by atoms with Gasteiger partial charge in [0.15, 0.2) is 5.82 Å². The first-order valence-corrected chi connectivity index (χ1v) is 8.89. The van der Waals surface area contributed by atoms with Crippen molar-refractivity contribution in [1.29, 1.82) is 0 Å². The highest BCUT2D eigenvalue weighted by Crippen LogP contribution is 2.35. The first-order chi connectivity index (χ1) is 11.3. The van der Waals surface area contributed by atoms with E-state index in [9.17, 15) is 13.2 Å². The normalized spacial score (nSPS) is 11.9. The molecule has 0 bridgehead atoms. The Labute approximate surface area is 140 Å². The van der Waals surface area contributed by atoms with Crippen LogP contribution in [0.5, 0.6) is 0 Å². The zero-order valence-corrected chi connectivity index (χ0v) is 14.1. The van der Waals surface area contributed by atoms with Crippen molar-refractivity contribution in [1.82, 2.24) is 15.2 Å². The zero-order chi connectivity index (χ0) is 17.5. The first kappa shape index (κ1) is 16.4. The third kappa shape index (κ3) is 2.96. The summed E-state index contributed by atoms with van der Waals surface area (Å²) in [5.74, 6) is -0.546. The molecule has 0 unspecified atom stereocenters. The predicted octanol–water partition coefficient (Wildman–Crippen LogP) is 0.768. The number of H-pyrrole nitrogens is 1. The second-order valence-corrected chi connectivity index (χ2v) is 7.59. The first-order valence-electron chi connectivity index (χ1n) is 6.67. The number of hydrogen-bond donors (Lipinski definition) is 3. The van der Waals surface area contributed by atoms with Gasteiger partial charge in [-0.2, -0.15) is 13.5 Å². The van der Waals surface area contributed by atoms with Crippen molar-refractivity contribution in [3.63, 3.8) is 0 Å². The molecule has 0 saturated heterocycles. The van der Waals surface area contributed by atoms with Crippen molar-refractivity contribution >= 4 is 43.4 Å². The van der Waals surface area contributed by atoms with E-state index in [1.807, 2.05) is 6.92 Å². The van der Waals surface area contributed by atoms with E-state index in [4.69, 9.17) is 11.5 Å². The highest BCUT2D eigenvalue weighted by molar-refractivity contribution is 7.86. The van der Waals surface area contributed by atoms with Gasteiger partial charge in [-0.05, 0) is 25.1 Å². The summed E-state index contributed by atoms with van der Waals surface area (Å²) in [6, 6.07) is 4.34. The molecule has 3 aromatic rings. The summed E-state index contributed by atoms with van der Waals surface area (Å²) >= 11 is 1.28. The molecule has 1 aromatic carbocycles. The van der Waals surface area contributed by atoms with Gasteiger partial charge < -0.3 is 11.5 Å². The number of thiazole rings is 1. The van der Waals surface area contributed by atoms with Crippen molar-refractivity contribution in [3.05, 3.63) is 23.9 Å². The van der Waals surface area contributed by atoms with Crippen LogP contribution >= 0.6 is 11.3 Å². The lowest BCUT2D eigenvalue weighted by Gasteiger charge is -2.03. The number of carbonyl (C=O) groups excluding carboxylic acids is 1. The Morgan fingerprint density at radius 2 is 2.17 bits per heavy atom. The van der Waals surface area contributed by atoms with Crippen LogP contribution in [0.3, 0.4) is 0 Å². The van der Waals surface area contributed by atoms with Crippen LogP contribution in [0, 0.1) is 6.92 Å². The van der Waals surface area contributed by atoms with Crippen LogP contribution in [-0.2, 0) is 19.1 Å². The van der Waals surface area contributed by atoms with Crippen LogP contribution in [-0.4, -0.2) is 36.1 Å². The third-order valence-electron chi connectivity index (χ3n) is 3.19. The topological polar surface area (TPSA) is 154 Å². The Balaban J connectivity index is 2.02. The molecule has 126 valence electrons. The fourth-order valence-corrected chi connectivity index (χ4v) is 4.18. The van der Waals surface area contributed by atoms with E-state index in [0.717, 1.165) is 5.69 Å². The minimum atomic E-state index is -4.07. The number of amides is 1. The molecule has 0 spiro atoms. The zero-order valence-electron chi connectivity index (χ0n) is 12.4. The molecule has 2 heterocycles. The molecule has 9 nitrogen and oxygen atoms in total. The summed E-state index contributed by atoms with van der Waals surface area (Å²) in [7, 11) is -4.07. The van der Waals surface area contributed by atoms with Crippen LogP contribution in [0.2, 0.25) is 0 Å². The fourth-order valence-electron chi connectivity index (χ4n) is 2.09. The molecule has 24 heavy (non-hydrogen) atoms. The highest BCUT2D eigenvalue weighted by atomic mass is 32.2. The summed E-state index contributed by atoms with van der Waals surface area (Å²) in [6.07, 6.45) is 0. The summed E-state index contributed by atoms with van der Waals surface area (Å²) in [4.78, 5) is 15.1. The quantitative estimate of drug-likeness (QED) is 0.563. The van der Waals surface area contributed by atoms with E-state index in [-0.39, 0.29) is 4.90 Å². The average molecular weight is 367 g/mol. The molecule has 0 aliphatic rings. The fraction of sp³-hybridized carbons (Fsp3) is 0.154. The van der Waals surface area contributed by atoms with Gasteiger partial charge in [0.25, 0.3) is 10.1 Å². The van der Waals surface area contributed by atoms with Crippen LogP contribution in [0.15, 0.2) is 23.1 Å². The molecule has 0 aliphatic heterocycles. The molecule has 3 rings (SSSR count). The van der Waals surface area contributed by atoms with E-state index in [1.54, 1.807) is 6.07 Å². The standard InChI is InChI=1S/C13H13N5O4S2/c1-6-11(12(15)18-17-6)13-16-8-3-2-7(4-9(8)23-13)24(20,21)22-5-10(14)19/h2-4H,5H2,1H3,(H2,14,19)(H3,15,17,18). The molecule has 0 fully saturated rings. The van der Waals surface area contributed by atoms with Gasteiger partial charge in [0.1, 0.15) is 11.6 Å². The van der Waals surface area contributed by atoms with Gasteiger partial charge in [0.05, 0.1) is 20.7 Å². The van der Waals surface area contributed by atoms with Gasteiger partial charge in [-0.3, -0.25) is 14.1 Å². The molecule has 5 N–H and O–H groups in total. The van der Waals surface area contributed by atoms with Gasteiger partial charge in [-0.15, -0.1) is 11.3 Å². The Kier molecular flexibility index (Phi) is 3.99. The second-order valence-electron chi connectivity index (χ2n) is 4.94. The number of carbonyl (C=O) groups is 1. The third-order valence-corrected chi connectivity index (χ3v) is 5.49. The lowest BCUT2D eigenvalue weighted by Crippen LogP contribution is -2.21. The summed E-state index contributed by atoms with van der Waals surface area (Å²) in [5, 5.41) is 7.32. The largest absolute Gasteiger partial charge is 0.382 e. The molecule has 0 aliphatic carbocycles. The summed E-state index contributed by atoms with van der Waals surface area (Å²) in [6.45, 7) is 1.11. The molecule has 11 heteroatoms. The van der Waals surface area contributed by atoms with Crippen molar-refractivity contribution in [2.75, 3.05) is 12.3 Å². The number of nitrogens with two attached hydrogens (primary N) is 2. The maximum Gasteiger partial charge on any atom is 0.297 e. The number of anilines is 1. The van der Waals surface area contributed by atoms with Gasteiger partial charge in [-0.25, -0.2) is 4.98 Å². The molecule has 0 radical (unpaired) electrons. The maximum absolute atomic E-state index is 12.0. The molecule has 0 saturated carbocycles. The van der Waals surface area contributed by atoms with E-state index in [0.29, 0.717) is 26.6 Å². The molecular weight excluding hydrogens is 354 g/mol. The van der Waals surface area contributed by atoms with Crippen molar-refractivity contribution in [2.24, 2.45) is 5.73 Å².